The topological polar surface area (TPSA) is 147 Å². The van der Waals surface area contributed by atoms with E-state index in [4.69, 9.17) is 16.7 Å². The molecule has 1 aliphatic rings. The molecule has 3 aromatic carbocycles. The Morgan fingerprint density at radius 2 is 1.57 bits per heavy atom. The Kier molecular flexibility index (Phi) is 8.67. The quantitative estimate of drug-likeness (QED) is 0.371. The molecule has 0 bridgehead atoms. The number of carbonyl (C=O) groups is 4. The van der Waals surface area contributed by atoms with Crippen molar-refractivity contribution in [2.75, 3.05) is 16.8 Å². The number of rotatable bonds is 9. The van der Waals surface area contributed by atoms with Crippen LogP contribution in [0.25, 0.3) is 0 Å². The number of nitrogens with zero attached hydrogens (tertiary/aromatic N) is 2. The Bertz CT molecular complexity index is 1540. The van der Waals surface area contributed by atoms with Gasteiger partial charge in [0.1, 0.15) is 6.04 Å². The van der Waals surface area contributed by atoms with Gasteiger partial charge in [-0.3, -0.25) is 19.2 Å². The maximum atomic E-state index is 13.5. The van der Waals surface area contributed by atoms with Crippen LogP contribution in [0.1, 0.15) is 24.5 Å². The Morgan fingerprint density at radius 3 is 2.15 bits per heavy atom. The highest BCUT2D eigenvalue weighted by atomic mass is 35.5. The van der Waals surface area contributed by atoms with Gasteiger partial charge in [-0.25, -0.2) is 18.5 Å². The Labute approximate surface area is 236 Å². The Balaban J connectivity index is 1.57. The van der Waals surface area contributed by atoms with Crippen LogP contribution >= 0.6 is 11.6 Å². The first-order chi connectivity index (χ1) is 18.9. The van der Waals surface area contributed by atoms with Crippen LogP contribution in [-0.2, 0) is 42.0 Å². The van der Waals surface area contributed by atoms with E-state index in [0.29, 0.717) is 28.4 Å². The fourth-order valence-electron chi connectivity index (χ4n) is 4.46. The van der Waals surface area contributed by atoms with Crippen molar-refractivity contribution in [3.05, 3.63) is 88.9 Å². The molecule has 208 valence electrons. The summed E-state index contributed by atoms with van der Waals surface area (Å²) in [6.45, 7) is 1.48. The number of amides is 4. The molecule has 1 unspecified atom stereocenters. The van der Waals surface area contributed by atoms with E-state index < -0.39 is 27.9 Å². The summed E-state index contributed by atoms with van der Waals surface area (Å²) in [5.74, 6) is -1.59. The van der Waals surface area contributed by atoms with Crippen molar-refractivity contribution in [3.63, 3.8) is 0 Å². The molecule has 40 heavy (non-hydrogen) atoms. The molecular formula is C28H27ClN4O6S. The fraction of sp³-hybridized carbons (Fsp3) is 0.214. The molecule has 1 aliphatic heterocycles. The van der Waals surface area contributed by atoms with Crippen LogP contribution in [-0.4, -0.2) is 49.5 Å². The van der Waals surface area contributed by atoms with Gasteiger partial charge in [-0.2, -0.15) is 0 Å². The van der Waals surface area contributed by atoms with E-state index in [0.717, 1.165) is 10.5 Å². The number of nitrogens with one attached hydrogen (secondary N) is 1. The van der Waals surface area contributed by atoms with Crippen molar-refractivity contribution < 1.29 is 27.6 Å². The smallest absolute Gasteiger partial charge is 0.257 e. The number of hydrogen-bond donors (Lipinski definition) is 2. The summed E-state index contributed by atoms with van der Waals surface area (Å²) in [6, 6.07) is 17.9. The van der Waals surface area contributed by atoms with Gasteiger partial charge in [0.05, 0.1) is 23.4 Å². The third-order valence-electron chi connectivity index (χ3n) is 6.43. The van der Waals surface area contributed by atoms with E-state index in [9.17, 15) is 27.6 Å². The van der Waals surface area contributed by atoms with E-state index in [1.54, 1.807) is 60.7 Å². The minimum absolute atomic E-state index is 0.00902. The number of benzene rings is 3. The molecule has 1 saturated heterocycles. The highest BCUT2D eigenvalue weighted by Gasteiger charge is 2.44. The third-order valence-corrected chi connectivity index (χ3v) is 7.61. The maximum Gasteiger partial charge on any atom is 0.257 e. The molecule has 0 spiro atoms. The predicted octanol–water partition coefficient (Wildman–Crippen LogP) is 2.89. The zero-order chi connectivity index (χ0) is 29.0. The molecule has 1 atom stereocenters. The summed E-state index contributed by atoms with van der Waals surface area (Å²) in [5, 5.41) is 8.32. The number of hydrogen-bond acceptors (Lipinski definition) is 6. The second kappa shape index (κ2) is 12.0. The van der Waals surface area contributed by atoms with Crippen molar-refractivity contribution in [2.24, 2.45) is 5.14 Å². The fourth-order valence-corrected chi connectivity index (χ4v) is 5.10. The number of halogens is 1. The van der Waals surface area contributed by atoms with Gasteiger partial charge in [-0.15, -0.1) is 0 Å². The monoisotopic (exact) mass is 582 g/mol. The number of imide groups is 1. The van der Waals surface area contributed by atoms with Crippen LogP contribution in [0.15, 0.2) is 77.7 Å². The van der Waals surface area contributed by atoms with E-state index in [1.165, 1.54) is 24.0 Å². The lowest BCUT2D eigenvalue weighted by Crippen LogP contribution is -2.47. The van der Waals surface area contributed by atoms with E-state index in [2.05, 4.69) is 5.32 Å². The maximum absolute atomic E-state index is 13.5. The Hall–Kier alpha value is -4.06. The minimum atomic E-state index is -3.85. The third kappa shape index (κ3) is 6.92. The molecule has 1 fully saturated rings. The van der Waals surface area contributed by atoms with Gasteiger partial charge in [0.2, 0.25) is 27.7 Å². The van der Waals surface area contributed by atoms with Crippen molar-refractivity contribution in [3.8, 4) is 0 Å². The molecule has 3 N–H and O–H groups in total. The van der Waals surface area contributed by atoms with E-state index >= 15 is 0 Å². The van der Waals surface area contributed by atoms with E-state index in [1.807, 2.05) is 0 Å². The van der Waals surface area contributed by atoms with E-state index in [-0.39, 0.29) is 36.1 Å². The second-order valence-electron chi connectivity index (χ2n) is 9.34. The second-order valence-corrected chi connectivity index (χ2v) is 11.3. The van der Waals surface area contributed by atoms with Gasteiger partial charge in [-0.1, -0.05) is 35.9 Å². The summed E-state index contributed by atoms with van der Waals surface area (Å²) >= 11 is 5.97. The van der Waals surface area contributed by atoms with Gasteiger partial charge in [0.15, 0.2) is 0 Å². The molecule has 4 rings (SSSR count). The summed E-state index contributed by atoms with van der Waals surface area (Å²) in [5.41, 5.74) is 2.26. The molecule has 0 aliphatic carbocycles. The Morgan fingerprint density at radius 1 is 0.975 bits per heavy atom. The molecule has 3 aromatic rings. The van der Waals surface area contributed by atoms with Gasteiger partial charge < -0.3 is 10.2 Å². The summed E-state index contributed by atoms with van der Waals surface area (Å²) in [4.78, 5) is 53.8. The van der Waals surface area contributed by atoms with Gasteiger partial charge in [-0.05, 0) is 66.1 Å². The van der Waals surface area contributed by atoms with Crippen LogP contribution in [0.5, 0.6) is 0 Å². The van der Waals surface area contributed by atoms with Crippen LogP contribution in [0.2, 0.25) is 5.02 Å². The van der Waals surface area contributed by atoms with Crippen molar-refractivity contribution in [2.45, 2.75) is 37.1 Å². The zero-order valence-electron chi connectivity index (χ0n) is 21.5. The van der Waals surface area contributed by atoms with Crippen LogP contribution in [0.4, 0.5) is 11.4 Å². The SMILES string of the molecule is CC(=O)Nc1ccc(N2C(=O)CC(N(CCc3ccc(S(N)(=O)=O)cc3)C(=O)Cc3ccc(Cl)cc3)C2=O)cc1. The van der Waals surface area contributed by atoms with Gasteiger partial charge in [0.25, 0.3) is 5.91 Å². The lowest BCUT2D eigenvalue weighted by Gasteiger charge is -2.28. The van der Waals surface area contributed by atoms with Crippen molar-refractivity contribution in [1.29, 1.82) is 0 Å². The normalized spacial score (nSPS) is 15.3. The van der Waals surface area contributed by atoms with Crippen LogP contribution in [0.3, 0.4) is 0 Å². The predicted molar refractivity (Wildman–Crippen MR) is 150 cm³/mol. The summed E-state index contributed by atoms with van der Waals surface area (Å²) in [7, 11) is -3.85. The average Bonchev–Trinajstić information content (AvgIpc) is 3.19. The highest BCUT2D eigenvalue weighted by Crippen LogP contribution is 2.28. The molecule has 0 radical (unpaired) electrons. The molecule has 0 aromatic heterocycles. The number of sulfonamides is 1. The molecule has 12 heteroatoms. The summed E-state index contributed by atoms with van der Waals surface area (Å²) < 4.78 is 23.1. The first-order valence-corrected chi connectivity index (χ1v) is 14.2. The zero-order valence-corrected chi connectivity index (χ0v) is 23.1. The molecule has 10 nitrogen and oxygen atoms in total. The minimum Gasteiger partial charge on any atom is -0.329 e. The molecular weight excluding hydrogens is 556 g/mol. The van der Waals surface area contributed by atoms with Crippen molar-refractivity contribution in [1.82, 2.24) is 4.90 Å². The summed E-state index contributed by atoms with van der Waals surface area (Å²) in [6.07, 6.45) is 0.106. The van der Waals surface area contributed by atoms with Gasteiger partial charge in [0, 0.05) is 24.2 Å². The average molecular weight is 583 g/mol. The standard InChI is InChI=1S/C28H27ClN4O6S/c1-18(34)31-22-8-10-23(11-9-22)33-27(36)17-25(28(33)37)32(26(35)16-20-2-6-21(29)7-3-20)15-14-19-4-12-24(13-5-19)40(30,38)39/h2-13,25H,14-17H2,1H3,(H,31,34)(H2,30,38,39). The lowest BCUT2D eigenvalue weighted by atomic mass is 10.1. The van der Waals surface area contributed by atoms with Crippen LogP contribution in [0, 0.1) is 0 Å². The van der Waals surface area contributed by atoms with Gasteiger partial charge >= 0.3 is 0 Å². The first kappa shape index (κ1) is 28.9. The lowest BCUT2D eigenvalue weighted by molar-refractivity contribution is -0.137. The number of nitrogens with two attached hydrogens (primary N) is 1. The van der Waals surface area contributed by atoms with Crippen molar-refractivity contribution >= 4 is 56.6 Å². The number of carbonyl (C=O) groups excluding carboxylic acids is 4. The first-order valence-electron chi connectivity index (χ1n) is 12.3. The largest absolute Gasteiger partial charge is 0.329 e. The number of primary sulfonamides is 1. The molecule has 1 heterocycles. The molecule has 0 saturated carbocycles. The molecule has 4 amide bonds. The number of anilines is 2. The van der Waals surface area contributed by atoms with Crippen LogP contribution < -0.4 is 15.4 Å². The highest BCUT2D eigenvalue weighted by molar-refractivity contribution is 7.89.